The summed E-state index contributed by atoms with van der Waals surface area (Å²) in [7, 11) is 0. The van der Waals surface area contributed by atoms with Crippen LogP contribution in [0.4, 0.5) is 0 Å². The average Bonchev–Trinajstić information content (AvgIpc) is 2.43. The van der Waals surface area contributed by atoms with Gasteiger partial charge in [-0.15, -0.1) is 0 Å². The maximum atomic E-state index is 12.2. The summed E-state index contributed by atoms with van der Waals surface area (Å²) < 4.78 is 0. The van der Waals surface area contributed by atoms with Crippen molar-refractivity contribution in [1.29, 1.82) is 0 Å². The van der Waals surface area contributed by atoms with Crippen LogP contribution >= 0.6 is 0 Å². The van der Waals surface area contributed by atoms with Crippen LogP contribution in [0.15, 0.2) is 0 Å². The summed E-state index contributed by atoms with van der Waals surface area (Å²) >= 11 is 0. The van der Waals surface area contributed by atoms with Crippen LogP contribution in [0, 0.1) is 11.3 Å². The monoisotopic (exact) mass is 297 g/mol. The number of nitrogens with one attached hydrogen (secondary N) is 1. The summed E-state index contributed by atoms with van der Waals surface area (Å²) in [5.74, 6) is 0.458. The smallest absolute Gasteiger partial charge is 0.239 e. The molecule has 21 heavy (non-hydrogen) atoms. The van der Waals surface area contributed by atoms with Crippen molar-refractivity contribution in [2.75, 3.05) is 19.6 Å². The largest absolute Gasteiger partial charge is 0.355 e. The zero-order valence-corrected chi connectivity index (χ0v) is 13.9. The van der Waals surface area contributed by atoms with Gasteiger partial charge in [0.15, 0.2) is 0 Å². The molecular formula is C16H31N3O2. The van der Waals surface area contributed by atoms with Gasteiger partial charge in [-0.25, -0.2) is 0 Å². The predicted octanol–water partition coefficient (Wildman–Crippen LogP) is 1.51. The fourth-order valence-electron chi connectivity index (χ4n) is 2.60. The second-order valence-electron chi connectivity index (χ2n) is 7.15. The van der Waals surface area contributed by atoms with Gasteiger partial charge in [-0.05, 0) is 25.2 Å². The van der Waals surface area contributed by atoms with Gasteiger partial charge in [0, 0.05) is 25.0 Å². The third-order valence-electron chi connectivity index (χ3n) is 3.98. The Labute approximate surface area is 128 Å². The molecule has 1 fully saturated rings. The average molecular weight is 297 g/mol. The Balaban J connectivity index is 2.45. The highest BCUT2D eigenvalue weighted by atomic mass is 16.2. The molecule has 0 bridgehead atoms. The number of amides is 2. The Morgan fingerprint density at radius 1 is 1.38 bits per heavy atom. The van der Waals surface area contributed by atoms with E-state index < -0.39 is 0 Å². The van der Waals surface area contributed by atoms with Crippen molar-refractivity contribution in [3.8, 4) is 0 Å². The molecule has 0 aliphatic carbocycles. The summed E-state index contributed by atoms with van der Waals surface area (Å²) in [5.41, 5.74) is 5.55. The number of hydrogen-bond acceptors (Lipinski definition) is 3. The molecule has 1 aliphatic heterocycles. The third-order valence-corrected chi connectivity index (χ3v) is 3.98. The van der Waals surface area contributed by atoms with E-state index in [1.165, 1.54) is 0 Å². The number of rotatable bonds is 5. The fraction of sp³-hybridized carbons (Fsp3) is 0.875. The zero-order valence-electron chi connectivity index (χ0n) is 13.9. The standard InChI is InChI=1S/C16H31N3O2/c1-5-7-13(17)14(20)19-9-6-8-12(11-19)10-18-15(21)16(2,3)4/h12-13H,5-11,17H2,1-4H3,(H,18,21). The number of likely N-dealkylation sites (tertiary alicyclic amines) is 1. The van der Waals surface area contributed by atoms with E-state index in [4.69, 9.17) is 5.73 Å². The van der Waals surface area contributed by atoms with Crippen LogP contribution in [0.5, 0.6) is 0 Å². The Hall–Kier alpha value is -1.10. The quantitative estimate of drug-likeness (QED) is 0.808. The van der Waals surface area contributed by atoms with Crippen molar-refractivity contribution < 1.29 is 9.59 Å². The molecule has 0 aromatic heterocycles. The molecule has 2 unspecified atom stereocenters. The van der Waals surface area contributed by atoms with Gasteiger partial charge in [-0.3, -0.25) is 9.59 Å². The molecular weight excluding hydrogens is 266 g/mol. The van der Waals surface area contributed by atoms with Gasteiger partial charge in [-0.2, -0.15) is 0 Å². The molecule has 5 nitrogen and oxygen atoms in total. The molecule has 1 heterocycles. The molecule has 122 valence electrons. The highest BCUT2D eigenvalue weighted by molar-refractivity contribution is 5.82. The summed E-state index contributed by atoms with van der Waals surface area (Å²) in [4.78, 5) is 26.0. The molecule has 1 rings (SSSR count). The molecule has 0 aromatic rings. The first-order valence-corrected chi connectivity index (χ1v) is 8.08. The topological polar surface area (TPSA) is 75.4 Å². The van der Waals surface area contributed by atoms with E-state index in [9.17, 15) is 9.59 Å². The highest BCUT2D eigenvalue weighted by Crippen LogP contribution is 2.18. The molecule has 0 aromatic carbocycles. The van der Waals surface area contributed by atoms with E-state index >= 15 is 0 Å². The number of piperidine rings is 1. The van der Waals surface area contributed by atoms with Crippen molar-refractivity contribution in [3.05, 3.63) is 0 Å². The molecule has 3 N–H and O–H groups in total. The van der Waals surface area contributed by atoms with Gasteiger partial charge in [-0.1, -0.05) is 34.1 Å². The normalized spacial score (nSPS) is 21.0. The van der Waals surface area contributed by atoms with E-state index in [1.54, 1.807) is 0 Å². The lowest BCUT2D eigenvalue weighted by Gasteiger charge is -2.34. The third kappa shape index (κ3) is 5.65. The Kier molecular flexibility index (Phi) is 6.65. The number of carbonyl (C=O) groups is 2. The first-order chi connectivity index (χ1) is 9.75. The minimum Gasteiger partial charge on any atom is -0.355 e. The van der Waals surface area contributed by atoms with Crippen LogP contribution in [0.25, 0.3) is 0 Å². The molecule has 1 aliphatic rings. The van der Waals surface area contributed by atoms with Gasteiger partial charge in [0.25, 0.3) is 0 Å². The van der Waals surface area contributed by atoms with Gasteiger partial charge < -0.3 is 16.0 Å². The van der Waals surface area contributed by atoms with E-state index in [0.29, 0.717) is 19.0 Å². The number of carbonyl (C=O) groups excluding carboxylic acids is 2. The maximum Gasteiger partial charge on any atom is 0.239 e. The summed E-state index contributed by atoms with van der Waals surface area (Å²) in [6.45, 7) is 9.89. The second kappa shape index (κ2) is 7.78. The number of nitrogens with two attached hydrogens (primary N) is 1. The van der Waals surface area contributed by atoms with Gasteiger partial charge in [0.1, 0.15) is 0 Å². The van der Waals surface area contributed by atoms with Crippen LogP contribution in [-0.2, 0) is 9.59 Å². The van der Waals surface area contributed by atoms with Crippen LogP contribution in [0.2, 0.25) is 0 Å². The Morgan fingerprint density at radius 2 is 2.05 bits per heavy atom. The van der Waals surface area contributed by atoms with Crippen molar-refractivity contribution in [2.45, 2.75) is 59.4 Å². The first-order valence-electron chi connectivity index (χ1n) is 8.08. The SMILES string of the molecule is CCCC(N)C(=O)N1CCCC(CNC(=O)C(C)(C)C)C1. The molecule has 0 radical (unpaired) electrons. The van der Waals surface area contributed by atoms with Gasteiger partial charge in [0.05, 0.1) is 6.04 Å². The van der Waals surface area contributed by atoms with Gasteiger partial charge >= 0.3 is 0 Å². The summed E-state index contributed by atoms with van der Waals surface area (Å²) in [5, 5.41) is 3.00. The zero-order chi connectivity index (χ0) is 16.0. The molecule has 5 heteroatoms. The summed E-state index contributed by atoms with van der Waals surface area (Å²) in [6.07, 6.45) is 3.70. The van der Waals surface area contributed by atoms with Crippen molar-refractivity contribution in [2.24, 2.45) is 17.1 Å². The molecule has 2 amide bonds. The lowest BCUT2D eigenvalue weighted by Crippen LogP contribution is -2.50. The highest BCUT2D eigenvalue weighted by Gasteiger charge is 2.28. The Bertz CT molecular complexity index is 363. The first kappa shape index (κ1) is 18.0. The van der Waals surface area contributed by atoms with E-state index in [0.717, 1.165) is 32.2 Å². The maximum absolute atomic E-state index is 12.2. The minimum absolute atomic E-state index is 0.0590. The molecule has 0 saturated carbocycles. The molecule has 1 saturated heterocycles. The van der Waals surface area contributed by atoms with E-state index in [1.807, 2.05) is 32.6 Å². The summed E-state index contributed by atoms with van der Waals surface area (Å²) in [6, 6.07) is -0.377. The lowest BCUT2D eigenvalue weighted by molar-refractivity contribution is -0.134. The Morgan fingerprint density at radius 3 is 2.62 bits per heavy atom. The van der Waals surface area contributed by atoms with Crippen LogP contribution in [-0.4, -0.2) is 42.4 Å². The fourth-order valence-corrected chi connectivity index (χ4v) is 2.60. The van der Waals surface area contributed by atoms with Gasteiger partial charge in [0.2, 0.25) is 11.8 Å². The number of nitrogens with zero attached hydrogens (tertiary/aromatic N) is 1. The van der Waals surface area contributed by atoms with Crippen LogP contribution in [0.1, 0.15) is 53.4 Å². The van der Waals surface area contributed by atoms with E-state index in [2.05, 4.69) is 5.32 Å². The lowest BCUT2D eigenvalue weighted by atomic mass is 9.93. The van der Waals surface area contributed by atoms with Crippen molar-refractivity contribution >= 4 is 11.8 Å². The van der Waals surface area contributed by atoms with Crippen molar-refractivity contribution in [1.82, 2.24) is 10.2 Å². The predicted molar refractivity (Wildman–Crippen MR) is 84.7 cm³/mol. The molecule has 2 atom stereocenters. The van der Waals surface area contributed by atoms with E-state index in [-0.39, 0.29) is 23.3 Å². The van der Waals surface area contributed by atoms with Crippen LogP contribution in [0.3, 0.4) is 0 Å². The minimum atomic E-state index is -0.377. The van der Waals surface area contributed by atoms with Crippen LogP contribution < -0.4 is 11.1 Å². The number of hydrogen-bond donors (Lipinski definition) is 2. The molecule has 0 spiro atoms. The van der Waals surface area contributed by atoms with Crippen molar-refractivity contribution in [3.63, 3.8) is 0 Å². The second-order valence-corrected chi connectivity index (χ2v) is 7.15.